The van der Waals surface area contributed by atoms with E-state index in [4.69, 9.17) is 4.74 Å². The van der Waals surface area contributed by atoms with Gasteiger partial charge in [0, 0.05) is 23.9 Å². The Bertz CT molecular complexity index is 1090. The van der Waals surface area contributed by atoms with E-state index >= 15 is 0 Å². The van der Waals surface area contributed by atoms with Gasteiger partial charge in [-0.05, 0) is 23.8 Å². The summed E-state index contributed by atoms with van der Waals surface area (Å²) in [6.07, 6.45) is 3.97. The molecule has 0 spiro atoms. The summed E-state index contributed by atoms with van der Waals surface area (Å²) in [7, 11) is 0. The maximum atomic E-state index is 12.2. The average Bonchev–Trinajstić information content (AvgIpc) is 3.28. The second-order valence-electron chi connectivity index (χ2n) is 6.87. The summed E-state index contributed by atoms with van der Waals surface area (Å²) in [6.45, 7) is 0.755. The number of hydrogen-bond donors (Lipinski definition) is 1. The molecule has 0 atom stereocenters. The van der Waals surface area contributed by atoms with Crippen molar-refractivity contribution in [3.63, 3.8) is 0 Å². The third kappa shape index (κ3) is 4.94. The number of nitrogens with zero attached hydrogens (tertiary/aromatic N) is 2. The molecule has 0 saturated heterocycles. The number of amides is 1. The lowest BCUT2D eigenvalue weighted by Gasteiger charge is -2.11. The predicted molar refractivity (Wildman–Crippen MR) is 117 cm³/mol. The lowest BCUT2D eigenvalue weighted by atomic mass is 10.1. The Morgan fingerprint density at radius 1 is 0.900 bits per heavy atom. The van der Waals surface area contributed by atoms with Crippen molar-refractivity contribution in [2.45, 2.75) is 13.0 Å². The summed E-state index contributed by atoms with van der Waals surface area (Å²) in [4.78, 5) is 12.2. The smallest absolute Gasteiger partial charge is 0.223 e. The number of hydrogen-bond acceptors (Lipinski definition) is 3. The Labute approximate surface area is 175 Å². The molecule has 5 nitrogen and oxygen atoms in total. The summed E-state index contributed by atoms with van der Waals surface area (Å²) in [5.74, 6) is 0.722. The van der Waals surface area contributed by atoms with Gasteiger partial charge in [-0.15, -0.1) is 0 Å². The Kier molecular flexibility index (Phi) is 6.20. The molecule has 0 unspecified atom stereocenters. The monoisotopic (exact) mass is 397 g/mol. The van der Waals surface area contributed by atoms with Crippen molar-refractivity contribution < 1.29 is 9.53 Å². The van der Waals surface area contributed by atoms with Crippen LogP contribution in [0.25, 0.3) is 16.8 Å². The minimum Gasteiger partial charge on any atom is -0.492 e. The van der Waals surface area contributed by atoms with E-state index in [0.29, 0.717) is 13.2 Å². The van der Waals surface area contributed by atoms with E-state index in [0.717, 1.165) is 28.1 Å². The van der Waals surface area contributed by atoms with Gasteiger partial charge in [-0.1, -0.05) is 66.7 Å². The Balaban J connectivity index is 1.27. The lowest BCUT2D eigenvalue weighted by molar-refractivity contribution is -0.121. The predicted octanol–water partition coefficient (Wildman–Crippen LogP) is 4.62. The van der Waals surface area contributed by atoms with Crippen LogP contribution in [-0.2, 0) is 11.3 Å². The highest BCUT2D eigenvalue weighted by Crippen LogP contribution is 2.29. The van der Waals surface area contributed by atoms with Gasteiger partial charge in [-0.2, -0.15) is 5.10 Å². The molecule has 3 aromatic carbocycles. The maximum absolute atomic E-state index is 12.2. The molecule has 5 heteroatoms. The van der Waals surface area contributed by atoms with Gasteiger partial charge >= 0.3 is 0 Å². The van der Waals surface area contributed by atoms with E-state index in [1.165, 1.54) is 0 Å². The zero-order valence-electron chi connectivity index (χ0n) is 16.6. The van der Waals surface area contributed by atoms with Crippen LogP contribution in [0.4, 0.5) is 0 Å². The number of rotatable bonds is 8. The van der Waals surface area contributed by atoms with Crippen LogP contribution in [0.1, 0.15) is 12.0 Å². The minimum absolute atomic E-state index is 0.0559. The SMILES string of the molecule is O=C(CCOc1ccccc1-c1ccccc1)NCc1cnn(-c2ccccc2)c1. The van der Waals surface area contributed by atoms with Crippen molar-refractivity contribution in [3.8, 4) is 22.6 Å². The number of para-hydroxylation sites is 2. The quantitative estimate of drug-likeness (QED) is 0.472. The molecule has 1 aromatic heterocycles. The van der Waals surface area contributed by atoms with E-state index in [1.54, 1.807) is 10.9 Å². The topological polar surface area (TPSA) is 56.1 Å². The number of nitrogens with one attached hydrogen (secondary N) is 1. The molecule has 0 bridgehead atoms. The second-order valence-corrected chi connectivity index (χ2v) is 6.87. The summed E-state index contributed by atoms with van der Waals surface area (Å²) in [5, 5.41) is 7.27. The highest BCUT2D eigenvalue weighted by atomic mass is 16.5. The molecular formula is C25H23N3O2. The van der Waals surface area contributed by atoms with Crippen molar-refractivity contribution in [2.24, 2.45) is 0 Å². The van der Waals surface area contributed by atoms with Gasteiger partial charge < -0.3 is 10.1 Å². The molecule has 30 heavy (non-hydrogen) atoms. The van der Waals surface area contributed by atoms with Crippen molar-refractivity contribution in [1.29, 1.82) is 0 Å². The van der Waals surface area contributed by atoms with Gasteiger partial charge in [0.1, 0.15) is 5.75 Å². The largest absolute Gasteiger partial charge is 0.492 e. The van der Waals surface area contributed by atoms with Gasteiger partial charge in [-0.25, -0.2) is 4.68 Å². The maximum Gasteiger partial charge on any atom is 0.223 e. The zero-order chi connectivity index (χ0) is 20.6. The molecule has 4 rings (SSSR count). The summed E-state index contributed by atoms with van der Waals surface area (Å²) in [5.41, 5.74) is 4.04. The number of benzene rings is 3. The van der Waals surface area contributed by atoms with Crippen LogP contribution in [0.15, 0.2) is 97.3 Å². The van der Waals surface area contributed by atoms with E-state index < -0.39 is 0 Å². The van der Waals surface area contributed by atoms with Crippen LogP contribution < -0.4 is 10.1 Å². The minimum atomic E-state index is -0.0559. The molecule has 0 aliphatic rings. The molecule has 1 amide bonds. The van der Waals surface area contributed by atoms with Crippen LogP contribution >= 0.6 is 0 Å². The van der Waals surface area contributed by atoms with E-state index in [1.807, 2.05) is 91.1 Å². The molecule has 1 heterocycles. The molecule has 0 fully saturated rings. The fourth-order valence-electron chi connectivity index (χ4n) is 3.16. The number of aromatic nitrogens is 2. The second kappa shape index (κ2) is 9.56. The van der Waals surface area contributed by atoms with Crippen LogP contribution in [0.3, 0.4) is 0 Å². The Morgan fingerprint density at radius 3 is 2.40 bits per heavy atom. The fourth-order valence-corrected chi connectivity index (χ4v) is 3.16. The van der Waals surface area contributed by atoms with Crippen LogP contribution in [0.2, 0.25) is 0 Å². The van der Waals surface area contributed by atoms with E-state index in [9.17, 15) is 4.79 Å². The van der Waals surface area contributed by atoms with Gasteiger partial charge in [0.05, 0.1) is 24.9 Å². The summed E-state index contributed by atoms with van der Waals surface area (Å²) in [6, 6.07) is 27.8. The third-order valence-electron chi connectivity index (χ3n) is 4.71. The molecule has 150 valence electrons. The first kappa shape index (κ1) is 19.5. The number of carbonyl (C=O) groups is 1. The van der Waals surface area contributed by atoms with Gasteiger partial charge in [0.15, 0.2) is 0 Å². The molecule has 0 saturated carbocycles. The summed E-state index contributed by atoms with van der Waals surface area (Å²) >= 11 is 0. The molecule has 0 radical (unpaired) electrons. The summed E-state index contributed by atoms with van der Waals surface area (Å²) < 4.78 is 7.70. The molecule has 4 aromatic rings. The Hall–Kier alpha value is -3.86. The van der Waals surface area contributed by atoms with Crippen molar-refractivity contribution >= 4 is 5.91 Å². The molecular weight excluding hydrogens is 374 g/mol. The van der Waals surface area contributed by atoms with Crippen LogP contribution in [0.5, 0.6) is 5.75 Å². The molecule has 1 N–H and O–H groups in total. The Morgan fingerprint density at radius 2 is 1.60 bits per heavy atom. The standard InChI is InChI=1S/C25H23N3O2/c29-25(26-17-20-18-27-28(19-20)22-11-5-2-6-12-22)15-16-30-24-14-8-7-13-23(24)21-9-3-1-4-10-21/h1-14,18-19H,15-17H2,(H,26,29). The zero-order valence-corrected chi connectivity index (χ0v) is 16.6. The van der Waals surface area contributed by atoms with Crippen molar-refractivity contribution in [1.82, 2.24) is 15.1 Å². The highest BCUT2D eigenvalue weighted by molar-refractivity contribution is 5.76. The first-order valence-electron chi connectivity index (χ1n) is 9.92. The number of carbonyl (C=O) groups excluding carboxylic acids is 1. The first-order chi connectivity index (χ1) is 14.8. The highest BCUT2D eigenvalue weighted by Gasteiger charge is 2.08. The van der Waals surface area contributed by atoms with Gasteiger partial charge in [-0.3, -0.25) is 4.79 Å². The normalized spacial score (nSPS) is 10.5. The van der Waals surface area contributed by atoms with Gasteiger partial charge in [0.2, 0.25) is 5.91 Å². The molecule has 0 aliphatic heterocycles. The third-order valence-corrected chi connectivity index (χ3v) is 4.71. The van der Waals surface area contributed by atoms with E-state index in [-0.39, 0.29) is 12.3 Å². The fraction of sp³-hybridized carbons (Fsp3) is 0.120. The van der Waals surface area contributed by atoms with E-state index in [2.05, 4.69) is 10.4 Å². The lowest BCUT2D eigenvalue weighted by Crippen LogP contribution is -2.24. The first-order valence-corrected chi connectivity index (χ1v) is 9.92. The van der Waals surface area contributed by atoms with Crippen molar-refractivity contribution in [2.75, 3.05) is 6.61 Å². The van der Waals surface area contributed by atoms with Crippen LogP contribution in [-0.4, -0.2) is 22.3 Å². The van der Waals surface area contributed by atoms with Crippen LogP contribution in [0, 0.1) is 0 Å². The molecule has 0 aliphatic carbocycles. The average molecular weight is 397 g/mol. The van der Waals surface area contributed by atoms with Gasteiger partial charge in [0.25, 0.3) is 0 Å². The van der Waals surface area contributed by atoms with Crippen molar-refractivity contribution in [3.05, 3.63) is 103 Å². The number of ether oxygens (including phenoxy) is 1.